The predicted octanol–water partition coefficient (Wildman–Crippen LogP) is 2.38. The van der Waals surface area contributed by atoms with Crippen molar-refractivity contribution >= 4 is 11.3 Å². The molecule has 3 rings (SSSR count). The molecular formula is C14H15NO2S. The van der Waals surface area contributed by atoms with Crippen LogP contribution in [0.1, 0.15) is 10.6 Å². The molecular weight excluding hydrogens is 246 g/mol. The maximum Gasteiger partial charge on any atom is 0.123 e. The second-order valence-electron chi connectivity index (χ2n) is 4.73. The quantitative estimate of drug-likeness (QED) is 0.922. The van der Waals surface area contributed by atoms with E-state index in [-0.39, 0.29) is 12.0 Å². The Morgan fingerprint density at radius 1 is 1.33 bits per heavy atom. The van der Waals surface area contributed by atoms with Crippen molar-refractivity contribution in [3.05, 3.63) is 40.9 Å². The first kappa shape index (κ1) is 11.8. The van der Waals surface area contributed by atoms with E-state index >= 15 is 0 Å². The number of aliphatic hydroxyl groups excluding tert-OH is 1. The number of hydrogen-bond acceptors (Lipinski definition) is 4. The van der Waals surface area contributed by atoms with Crippen LogP contribution in [0.3, 0.4) is 0 Å². The summed E-state index contributed by atoms with van der Waals surface area (Å²) in [6.45, 7) is 3.33. The molecule has 1 aliphatic heterocycles. The van der Waals surface area contributed by atoms with Crippen LogP contribution < -0.4 is 0 Å². The molecule has 2 aromatic rings. The Labute approximate surface area is 110 Å². The Hall–Kier alpha value is -1.23. The van der Waals surface area contributed by atoms with Crippen molar-refractivity contribution in [2.24, 2.45) is 0 Å². The molecule has 3 nitrogen and oxygen atoms in total. The first-order valence-corrected chi connectivity index (χ1v) is 6.79. The molecule has 0 amide bonds. The number of ether oxygens (including phenoxy) is 1. The molecule has 0 atom stereocenters. The number of benzene rings is 1. The minimum absolute atomic E-state index is 0.129. The Morgan fingerprint density at radius 2 is 2.06 bits per heavy atom. The molecule has 1 N–H and O–H groups in total. The molecule has 18 heavy (non-hydrogen) atoms. The van der Waals surface area contributed by atoms with Crippen LogP contribution in [0.2, 0.25) is 0 Å². The second-order valence-corrected chi connectivity index (χ2v) is 5.73. The third kappa shape index (κ3) is 1.77. The van der Waals surface area contributed by atoms with Gasteiger partial charge in [0.05, 0.1) is 30.9 Å². The number of rotatable bonds is 3. The number of nitrogens with zero attached hydrogens (tertiary/aromatic N) is 1. The molecule has 0 saturated carbocycles. The molecule has 1 aromatic heterocycles. The van der Waals surface area contributed by atoms with Gasteiger partial charge in [0.2, 0.25) is 0 Å². The van der Waals surface area contributed by atoms with Crippen LogP contribution in [0, 0.1) is 6.92 Å². The fourth-order valence-electron chi connectivity index (χ4n) is 2.24. The molecule has 0 spiro atoms. The largest absolute Gasteiger partial charge is 0.395 e. The van der Waals surface area contributed by atoms with E-state index in [1.54, 1.807) is 11.3 Å². The first-order valence-electron chi connectivity index (χ1n) is 5.97. The number of hydrogen-bond donors (Lipinski definition) is 1. The zero-order valence-electron chi connectivity index (χ0n) is 10.2. The van der Waals surface area contributed by atoms with Crippen LogP contribution in [0.15, 0.2) is 30.3 Å². The molecule has 0 aliphatic carbocycles. The summed E-state index contributed by atoms with van der Waals surface area (Å²) in [5, 5.41) is 10.6. The summed E-state index contributed by atoms with van der Waals surface area (Å²) in [6.07, 6.45) is 0. The summed E-state index contributed by atoms with van der Waals surface area (Å²) < 4.78 is 5.27. The summed E-state index contributed by atoms with van der Waals surface area (Å²) in [7, 11) is 0. The lowest BCUT2D eigenvalue weighted by molar-refractivity contribution is -0.0827. The molecule has 0 radical (unpaired) electrons. The molecule has 1 aromatic carbocycles. The monoisotopic (exact) mass is 261 g/mol. The fourth-order valence-corrected chi connectivity index (χ4v) is 3.46. The van der Waals surface area contributed by atoms with Crippen LogP contribution in [-0.2, 0) is 10.2 Å². The number of aryl methyl sites for hydroxylation is 1. The van der Waals surface area contributed by atoms with Crippen LogP contribution in [-0.4, -0.2) is 29.9 Å². The van der Waals surface area contributed by atoms with E-state index in [9.17, 15) is 5.11 Å². The topological polar surface area (TPSA) is 42.4 Å². The fraction of sp³-hybridized carbons (Fsp3) is 0.357. The minimum Gasteiger partial charge on any atom is -0.395 e. The Balaban J connectivity index is 2.01. The molecule has 0 unspecified atom stereocenters. The van der Waals surface area contributed by atoms with Gasteiger partial charge in [0.25, 0.3) is 0 Å². The van der Waals surface area contributed by atoms with Gasteiger partial charge in [-0.05, 0) is 6.92 Å². The molecule has 1 saturated heterocycles. The van der Waals surface area contributed by atoms with Crippen molar-refractivity contribution in [2.45, 2.75) is 12.3 Å². The lowest BCUT2D eigenvalue weighted by Crippen LogP contribution is -2.49. The smallest absolute Gasteiger partial charge is 0.123 e. The Bertz CT molecular complexity index is 541. The second kappa shape index (κ2) is 4.46. The number of aliphatic hydroxyl groups is 1. The van der Waals surface area contributed by atoms with Gasteiger partial charge in [-0.1, -0.05) is 30.3 Å². The molecule has 0 bridgehead atoms. The van der Waals surface area contributed by atoms with Crippen LogP contribution in [0.4, 0.5) is 0 Å². The van der Waals surface area contributed by atoms with Gasteiger partial charge in [0.15, 0.2) is 0 Å². The van der Waals surface area contributed by atoms with E-state index in [4.69, 9.17) is 4.74 Å². The van der Waals surface area contributed by atoms with E-state index < -0.39 is 0 Å². The van der Waals surface area contributed by atoms with E-state index in [1.165, 1.54) is 0 Å². The van der Waals surface area contributed by atoms with Gasteiger partial charge in [-0.15, -0.1) is 11.3 Å². The van der Waals surface area contributed by atoms with E-state index in [0.29, 0.717) is 13.2 Å². The standard InChI is InChI=1S/C14H15NO2S/c1-10-12(14(7-16)8-17-9-14)18-13(15-10)11-5-3-2-4-6-11/h2-6,16H,7-9H2,1H3. The summed E-state index contributed by atoms with van der Waals surface area (Å²) in [5.41, 5.74) is 1.93. The summed E-state index contributed by atoms with van der Waals surface area (Å²) in [6, 6.07) is 10.1. The normalized spacial score (nSPS) is 17.4. The number of thiazole rings is 1. The van der Waals surface area contributed by atoms with Crippen molar-refractivity contribution in [2.75, 3.05) is 19.8 Å². The Morgan fingerprint density at radius 3 is 2.61 bits per heavy atom. The Kier molecular flexibility index (Phi) is 2.93. The lowest BCUT2D eigenvalue weighted by atomic mass is 9.84. The molecule has 4 heteroatoms. The minimum atomic E-state index is -0.214. The molecule has 1 aliphatic rings. The van der Waals surface area contributed by atoms with Crippen molar-refractivity contribution in [3.8, 4) is 10.6 Å². The van der Waals surface area contributed by atoms with Gasteiger partial charge in [0, 0.05) is 10.4 Å². The van der Waals surface area contributed by atoms with Gasteiger partial charge in [-0.25, -0.2) is 4.98 Å². The van der Waals surface area contributed by atoms with Crippen molar-refractivity contribution in [3.63, 3.8) is 0 Å². The summed E-state index contributed by atoms with van der Waals surface area (Å²) >= 11 is 1.67. The third-order valence-electron chi connectivity index (χ3n) is 3.36. The zero-order valence-corrected chi connectivity index (χ0v) is 11.0. The van der Waals surface area contributed by atoms with E-state index in [0.717, 1.165) is 21.1 Å². The zero-order chi connectivity index (χ0) is 12.6. The van der Waals surface area contributed by atoms with E-state index in [2.05, 4.69) is 17.1 Å². The molecule has 94 valence electrons. The SMILES string of the molecule is Cc1nc(-c2ccccc2)sc1C1(CO)COC1. The van der Waals surface area contributed by atoms with Crippen LogP contribution >= 0.6 is 11.3 Å². The highest BCUT2D eigenvalue weighted by Crippen LogP contribution is 2.40. The highest BCUT2D eigenvalue weighted by atomic mass is 32.1. The van der Waals surface area contributed by atoms with Crippen LogP contribution in [0.25, 0.3) is 10.6 Å². The third-order valence-corrected chi connectivity index (χ3v) is 4.81. The average Bonchev–Trinajstić information content (AvgIpc) is 2.73. The van der Waals surface area contributed by atoms with Gasteiger partial charge in [-0.3, -0.25) is 0 Å². The van der Waals surface area contributed by atoms with Gasteiger partial charge < -0.3 is 9.84 Å². The molecule has 2 heterocycles. The van der Waals surface area contributed by atoms with Crippen molar-refractivity contribution in [1.29, 1.82) is 0 Å². The first-order chi connectivity index (χ1) is 8.75. The maximum atomic E-state index is 9.59. The van der Waals surface area contributed by atoms with Gasteiger partial charge in [0.1, 0.15) is 5.01 Å². The van der Waals surface area contributed by atoms with Crippen LogP contribution in [0.5, 0.6) is 0 Å². The van der Waals surface area contributed by atoms with Crippen molar-refractivity contribution in [1.82, 2.24) is 4.98 Å². The van der Waals surface area contributed by atoms with Gasteiger partial charge >= 0.3 is 0 Å². The molecule has 1 fully saturated rings. The van der Waals surface area contributed by atoms with E-state index in [1.807, 2.05) is 25.1 Å². The maximum absolute atomic E-state index is 9.59. The highest BCUT2D eigenvalue weighted by Gasteiger charge is 2.42. The highest BCUT2D eigenvalue weighted by molar-refractivity contribution is 7.15. The van der Waals surface area contributed by atoms with Gasteiger partial charge in [-0.2, -0.15) is 0 Å². The number of aromatic nitrogens is 1. The predicted molar refractivity (Wildman–Crippen MR) is 71.9 cm³/mol. The lowest BCUT2D eigenvalue weighted by Gasteiger charge is -2.39. The summed E-state index contributed by atoms with van der Waals surface area (Å²) in [5.74, 6) is 0. The summed E-state index contributed by atoms with van der Waals surface area (Å²) in [4.78, 5) is 5.79. The average molecular weight is 261 g/mol. The van der Waals surface area contributed by atoms with Crippen molar-refractivity contribution < 1.29 is 9.84 Å².